The first-order valence-corrected chi connectivity index (χ1v) is 13.3. The van der Waals surface area contributed by atoms with Crippen LogP contribution in [0, 0.1) is 5.92 Å². The average Bonchev–Trinajstić information content (AvgIpc) is 3.28. The molecule has 186 valence electrons. The van der Waals surface area contributed by atoms with E-state index >= 15 is 0 Å². The van der Waals surface area contributed by atoms with Crippen molar-refractivity contribution >= 4 is 45.1 Å². The van der Waals surface area contributed by atoms with E-state index in [1.54, 1.807) is 4.90 Å². The van der Waals surface area contributed by atoms with E-state index in [0.29, 0.717) is 13.1 Å². The maximum atomic E-state index is 12.5. The Hall–Kier alpha value is -2.81. The Balaban J connectivity index is 1.12. The number of pyridine rings is 1. The molecule has 1 N–H and O–H groups in total. The number of benzene rings is 1. The van der Waals surface area contributed by atoms with Crippen molar-refractivity contribution in [2.75, 3.05) is 54.0 Å². The Labute approximate surface area is 214 Å². The second-order valence-electron chi connectivity index (χ2n) is 9.51. The number of carbonyl (C=O) groups excluding carboxylic acids is 2. The van der Waals surface area contributed by atoms with Gasteiger partial charge in [-0.1, -0.05) is 25.3 Å². The third-order valence-electron chi connectivity index (χ3n) is 7.18. The van der Waals surface area contributed by atoms with E-state index in [1.807, 2.05) is 30.3 Å². The van der Waals surface area contributed by atoms with Gasteiger partial charge < -0.3 is 19.9 Å². The molecular formula is C26H32BrN5O3. The number of cyclic esters (lactones) is 1. The van der Waals surface area contributed by atoms with Crippen LogP contribution in [0.25, 0.3) is 0 Å². The molecule has 0 spiro atoms. The van der Waals surface area contributed by atoms with Crippen LogP contribution in [0.4, 0.5) is 22.0 Å². The van der Waals surface area contributed by atoms with E-state index in [9.17, 15) is 9.59 Å². The SMILES string of the molecule is O=C(NCC1CN(c2ccc(N3CCN(c4cccc(Br)n4)CC3)cc2)C(=O)O1)C1CCCCC1. The van der Waals surface area contributed by atoms with Crippen LogP contribution in [0.15, 0.2) is 47.1 Å². The topological polar surface area (TPSA) is 78.0 Å². The maximum Gasteiger partial charge on any atom is 0.414 e. The van der Waals surface area contributed by atoms with Gasteiger partial charge in [-0.2, -0.15) is 0 Å². The molecule has 0 bridgehead atoms. The first-order valence-electron chi connectivity index (χ1n) is 12.6. The Morgan fingerprint density at radius 2 is 1.66 bits per heavy atom. The van der Waals surface area contributed by atoms with Crippen LogP contribution in [-0.2, 0) is 9.53 Å². The van der Waals surface area contributed by atoms with Crippen LogP contribution in [0.1, 0.15) is 32.1 Å². The third kappa shape index (κ3) is 5.72. The van der Waals surface area contributed by atoms with Crippen molar-refractivity contribution in [1.29, 1.82) is 0 Å². The highest BCUT2D eigenvalue weighted by Gasteiger charge is 2.33. The molecule has 0 radical (unpaired) electrons. The number of amides is 2. The number of hydrogen-bond donors (Lipinski definition) is 1. The number of carbonyl (C=O) groups is 2. The summed E-state index contributed by atoms with van der Waals surface area (Å²) in [6, 6.07) is 14.1. The molecule has 1 unspecified atom stereocenters. The van der Waals surface area contributed by atoms with Crippen LogP contribution >= 0.6 is 15.9 Å². The maximum absolute atomic E-state index is 12.5. The lowest BCUT2D eigenvalue weighted by atomic mass is 9.88. The fourth-order valence-corrected chi connectivity index (χ4v) is 5.51. The molecule has 1 saturated carbocycles. The lowest BCUT2D eigenvalue weighted by Crippen LogP contribution is -2.46. The fraction of sp³-hybridized carbons (Fsp3) is 0.500. The summed E-state index contributed by atoms with van der Waals surface area (Å²) in [5.74, 6) is 1.20. The van der Waals surface area contributed by atoms with Gasteiger partial charge in [0.05, 0.1) is 13.1 Å². The number of nitrogens with zero attached hydrogens (tertiary/aromatic N) is 4. The number of aromatic nitrogens is 1. The van der Waals surface area contributed by atoms with Gasteiger partial charge in [-0.3, -0.25) is 9.69 Å². The monoisotopic (exact) mass is 541 g/mol. The number of nitrogens with one attached hydrogen (secondary N) is 1. The zero-order valence-corrected chi connectivity index (χ0v) is 21.5. The first kappa shape index (κ1) is 23.9. The Kier molecular flexibility index (Phi) is 7.41. The smallest absolute Gasteiger partial charge is 0.414 e. The van der Waals surface area contributed by atoms with Gasteiger partial charge in [-0.05, 0) is 65.2 Å². The van der Waals surface area contributed by atoms with E-state index in [4.69, 9.17) is 4.74 Å². The summed E-state index contributed by atoms with van der Waals surface area (Å²) in [6.45, 7) is 4.42. The predicted octanol–water partition coefficient (Wildman–Crippen LogP) is 4.19. The van der Waals surface area contributed by atoms with Gasteiger partial charge in [0.1, 0.15) is 16.5 Å². The fourth-order valence-electron chi connectivity index (χ4n) is 5.17. The van der Waals surface area contributed by atoms with Crippen LogP contribution in [0.5, 0.6) is 0 Å². The van der Waals surface area contributed by atoms with E-state index in [-0.39, 0.29) is 24.0 Å². The molecule has 1 aromatic carbocycles. The van der Waals surface area contributed by atoms with Crippen molar-refractivity contribution in [1.82, 2.24) is 10.3 Å². The largest absolute Gasteiger partial charge is 0.442 e. The first-order chi connectivity index (χ1) is 17.1. The number of anilines is 3. The molecule has 2 aliphatic heterocycles. The molecule has 2 amide bonds. The third-order valence-corrected chi connectivity index (χ3v) is 7.63. The van der Waals surface area contributed by atoms with Gasteiger partial charge in [0, 0.05) is 43.5 Å². The molecule has 5 rings (SSSR count). The Bertz CT molecular complexity index is 1040. The van der Waals surface area contributed by atoms with E-state index < -0.39 is 0 Å². The molecular weight excluding hydrogens is 510 g/mol. The minimum absolute atomic E-state index is 0.0966. The molecule has 1 aliphatic carbocycles. The standard InChI is InChI=1S/C26H32BrN5O3/c27-23-7-4-8-24(29-23)31-15-13-30(14-16-31)20-9-11-21(12-10-20)32-18-22(35-26(32)34)17-28-25(33)19-5-2-1-3-6-19/h4,7-12,19,22H,1-3,5-6,13-18H2,(H,28,33). The molecule has 9 heteroatoms. The van der Waals surface area contributed by atoms with Gasteiger partial charge >= 0.3 is 6.09 Å². The highest BCUT2D eigenvalue weighted by Crippen LogP contribution is 2.27. The van der Waals surface area contributed by atoms with Gasteiger partial charge in [0.25, 0.3) is 0 Å². The van der Waals surface area contributed by atoms with Gasteiger partial charge in [-0.25, -0.2) is 9.78 Å². The summed E-state index contributed by atoms with van der Waals surface area (Å²) in [5, 5.41) is 3.00. The summed E-state index contributed by atoms with van der Waals surface area (Å²) in [6.07, 6.45) is 4.71. The molecule has 3 heterocycles. The molecule has 2 aromatic rings. The van der Waals surface area contributed by atoms with Crippen LogP contribution in [-0.4, -0.2) is 62.4 Å². The quantitative estimate of drug-likeness (QED) is 0.552. The van der Waals surface area contributed by atoms with Crippen molar-refractivity contribution in [2.24, 2.45) is 5.92 Å². The Morgan fingerprint density at radius 3 is 2.37 bits per heavy atom. The molecule has 3 fully saturated rings. The zero-order chi connectivity index (χ0) is 24.2. The lowest BCUT2D eigenvalue weighted by Gasteiger charge is -2.36. The summed E-state index contributed by atoms with van der Waals surface area (Å²) >= 11 is 3.45. The minimum atomic E-state index is -0.357. The zero-order valence-electron chi connectivity index (χ0n) is 19.9. The Morgan fingerprint density at radius 1 is 0.971 bits per heavy atom. The van der Waals surface area contributed by atoms with E-state index in [1.165, 1.54) is 6.42 Å². The summed E-state index contributed by atoms with van der Waals surface area (Å²) in [4.78, 5) is 35.8. The summed E-state index contributed by atoms with van der Waals surface area (Å²) < 4.78 is 6.37. The average molecular weight is 542 g/mol. The highest BCUT2D eigenvalue weighted by atomic mass is 79.9. The minimum Gasteiger partial charge on any atom is -0.442 e. The van der Waals surface area contributed by atoms with Crippen molar-refractivity contribution in [3.63, 3.8) is 0 Å². The van der Waals surface area contributed by atoms with Crippen molar-refractivity contribution in [3.05, 3.63) is 47.1 Å². The normalized spacial score (nSPS) is 21.2. The van der Waals surface area contributed by atoms with Crippen molar-refractivity contribution in [2.45, 2.75) is 38.2 Å². The molecule has 1 atom stereocenters. The molecule has 2 saturated heterocycles. The summed E-state index contributed by atoms with van der Waals surface area (Å²) in [5.41, 5.74) is 1.95. The number of ether oxygens (including phenoxy) is 1. The van der Waals surface area contributed by atoms with Crippen LogP contribution < -0.4 is 20.0 Å². The van der Waals surface area contributed by atoms with Gasteiger partial charge in [0.2, 0.25) is 5.91 Å². The summed E-state index contributed by atoms with van der Waals surface area (Å²) in [7, 11) is 0. The second kappa shape index (κ2) is 10.8. The van der Waals surface area contributed by atoms with Crippen molar-refractivity contribution in [3.8, 4) is 0 Å². The number of hydrogen-bond acceptors (Lipinski definition) is 6. The van der Waals surface area contributed by atoms with Gasteiger partial charge in [-0.15, -0.1) is 0 Å². The van der Waals surface area contributed by atoms with E-state index in [2.05, 4.69) is 48.2 Å². The molecule has 1 aromatic heterocycles. The highest BCUT2D eigenvalue weighted by molar-refractivity contribution is 9.10. The number of piperazine rings is 1. The number of halogens is 1. The lowest BCUT2D eigenvalue weighted by molar-refractivity contribution is -0.126. The van der Waals surface area contributed by atoms with Crippen molar-refractivity contribution < 1.29 is 14.3 Å². The molecule has 35 heavy (non-hydrogen) atoms. The predicted molar refractivity (Wildman–Crippen MR) is 140 cm³/mol. The number of rotatable bonds is 6. The van der Waals surface area contributed by atoms with E-state index in [0.717, 1.165) is 73.7 Å². The second-order valence-corrected chi connectivity index (χ2v) is 10.3. The molecule has 8 nitrogen and oxygen atoms in total. The van der Waals surface area contributed by atoms with Crippen LogP contribution in [0.2, 0.25) is 0 Å². The van der Waals surface area contributed by atoms with Crippen LogP contribution in [0.3, 0.4) is 0 Å². The molecule has 3 aliphatic rings. The van der Waals surface area contributed by atoms with Gasteiger partial charge in [0.15, 0.2) is 0 Å².